The molecule has 1 N–H and O–H groups in total. The lowest BCUT2D eigenvalue weighted by molar-refractivity contribution is -0.118. The molecule has 1 amide bonds. The third kappa shape index (κ3) is 5.25. The molecule has 0 fully saturated rings. The molecule has 0 unspecified atom stereocenters. The first-order valence-electron chi connectivity index (χ1n) is 6.42. The van der Waals surface area contributed by atoms with Crippen LogP contribution in [0.25, 0.3) is 0 Å². The van der Waals surface area contributed by atoms with Crippen LogP contribution in [0, 0.1) is 0 Å². The lowest BCUT2D eigenvalue weighted by Crippen LogP contribution is -2.21. The van der Waals surface area contributed by atoms with Gasteiger partial charge in [-0.05, 0) is 36.8 Å². The van der Waals surface area contributed by atoms with Crippen LogP contribution in [0.5, 0.6) is 0 Å². The van der Waals surface area contributed by atoms with Gasteiger partial charge in [0.1, 0.15) is 0 Å². The van der Waals surface area contributed by atoms with Gasteiger partial charge in [0.25, 0.3) is 0 Å². The topological polar surface area (TPSA) is 41.5 Å². The zero-order valence-corrected chi connectivity index (χ0v) is 13.1. The van der Waals surface area contributed by atoms with Crippen molar-refractivity contribution in [3.8, 4) is 0 Å². The van der Waals surface area contributed by atoms with Crippen molar-refractivity contribution in [1.29, 1.82) is 0 Å². The number of amides is 1. The second-order valence-electron chi connectivity index (χ2n) is 4.34. The molecule has 0 saturated carbocycles. The first-order chi connectivity index (χ1) is 10.1. The Morgan fingerprint density at radius 2 is 1.81 bits per heavy atom. The van der Waals surface area contributed by atoms with E-state index in [1.165, 1.54) is 11.8 Å². The summed E-state index contributed by atoms with van der Waals surface area (Å²) in [5, 5.41) is 4.79. The molecule has 0 heterocycles. The van der Waals surface area contributed by atoms with Gasteiger partial charge in [-0.15, -0.1) is 11.8 Å². The summed E-state index contributed by atoms with van der Waals surface area (Å²) in [6, 6.07) is 17.1. The lowest BCUT2D eigenvalue weighted by atomic mass is 10.1. The van der Waals surface area contributed by atoms with E-state index in [0.717, 1.165) is 16.2 Å². The number of hydrogen-bond donors (Lipinski definition) is 1. The molecule has 2 rings (SSSR count). The summed E-state index contributed by atoms with van der Waals surface area (Å²) in [6.45, 7) is 1.86. The Bertz CT molecular complexity index is 626. The van der Waals surface area contributed by atoms with E-state index >= 15 is 0 Å². The summed E-state index contributed by atoms with van der Waals surface area (Å²) in [4.78, 5) is 12.8. The zero-order chi connectivity index (χ0) is 15.1. The molecule has 0 aromatic heterocycles. The Morgan fingerprint density at radius 1 is 1.14 bits per heavy atom. The van der Waals surface area contributed by atoms with Crippen molar-refractivity contribution in [2.24, 2.45) is 5.10 Å². The average Bonchev–Trinajstić information content (AvgIpc) is 2.53. The SMILES string of the molecule is C/C(=N/NC(=O)CSc1ccc(Cl)cc1)c1ccccc1. The molecule has 0 aliphatic heterocycles. The molecule has 3 nitrogen and oxygen atoms in total. The van der Waals surface area contributed by atoms with E-state index in [2.05, 4.69) is 10.5 Å². The molecule has 0 atom stereocenters. The fourth-order valence-corrected chi connectivity index (χ4v) is 2.42. The van der Waals surface area contributed by atoms with Crippen molar-refractivity contribution in [3.63, 3.8) is 0 Å². The summed E-state index contributed by atoms with van der Waals surface area (Å²) >= 11 is 7.26. The molecule has 108 valence electrons. The fourth-order valence-electron chi connectivity index (χ4n) is 1.60. The van der Waals surface area contributed by atoms with Crippen molar-refractivity contribution in [2.75, 3.05) is 5.75 Å². The highest BCUT2D eigenvalue weighted by Gasteiger charge is 2.03. The van der Waals surface area contributed by atoms with E-state index in [1.807, 2.05) is 49.4 Å². The van der Waals surface area contributed by atoms with Crippen LogP contribution in [-0.4, -0.2) is 17.4 Å². The predicted molar refractivity (Wildman–Crippen MR) is 89.0 cm³/mol. The summed E-state index contributed by atoms with van der Waals surface area (Å²) in [5.41, 5.74) is 4.33. The molecule has 0 bridgehead atoms. The monoisotopic (exact) mass is 318 g/mol. The number of nitrogens with one attached hydrogen (secondary N) is 1. The molecule has 5 heteroatoms. The second-order valence-corrected chi connectivity index (χ2v) is 5.83. The lowest BCUT2D eigenvalue weighted by Gasteiger charge is -2.03. The highest BCUT2D eigenvalue weighted by Crippen LogP contribution is 2.19. The molecule has 0 saturated heterocycles. The average molecular weight is 319 g/mol. The largest absolute Gasteiger partial charge is 0.272 e. The maximum Gasteiger partial charge on any atom is 0.250 e. The number of thioether (sulfide) groups is 1. The minimum absolute atomic E-state index is 0.134. The van der Waals surface area contributed by atoms with Gasteiger partial charge in [0, 0.05) is 9.92 Å². The van der Waals surface area contributed by atoms with Gasteiger partial charge in [0.15, 0.2) is 0 Å². The Labute approximate surface area is 133 Å². The summed E-state index contributed by atoms with van der Waals surface area (Å²) < 4.78 is 0. The van der Waals surface area contributed by atoms with Crippen LogP contribution in [0.2, 0.25) is 5.02 Å². The van der Waals surface area contributed by atoms with Gasteiger partial charge in [-0.25, -0.2) is 5.43 Å². The highest BCUT2D eigenvalue weighted by atomic mass is 35.5. The van der Waals surface area contributed by atoms with Crippen LogP contribution >= 0.6 is 23.4 Å². The van der Waals surface area contributed by atoms with E-state index in [0.29, 0.717) is 10.8 Å². The van der Waals surface area contributed by atoms with Gasteiger partial charge in [0.05, 0.1) is 11.5 Å². The zero-order valence-electron chi connectivity index (χ0n) is 11.5. The van der Waals surface area contributed by atoms with E-state index in [1.54, 1.807) is 12.1 Å². The fraction of sp³-hybridized carbons (Fsp3) is 0.125. The molecular weight excluding hydrogens is 304 g/mol. The molecule has 2 aromatic rings. The van der Waals surface area contributed by atoms with Crippen LogP contribution in [0.3, 0.4) is 0 Å². The van der Waals surface area contributed by atoms with Gasteiger partial charge in [0.2, 0.25) is 5.91 Å². The van der Waals surface area contributed by atoms with Crippen LogP contribution < -0.4 is 5.43 Å². The third-order valence-corrected chi connectivity index (χ3v) is 3.99. The van der Waals surface area contributed by atoms with Crippen molar-refractivity contribution >= 4 is 35.0 Å². The maximum absolute atomic E-state index is 11.8. The van der Waals surface area contributed by atoms with Crippen LogP contribution in [0.4, 0.5) is 0 Å². The van der Waals surface area contributed by atoms with Gasteiger partial charge in [-0.1, -0.05) is 41.9 Å². The first kappa shape index (κ1) is 15.6. The third-order valence-electron chi connectivity index (χ3n) is 2.72. The van der Waals surface area contributed by atoms with Crippen molar-refractivity contribution in [3.05, 3.63) is 65.2 Å². The Balaban J connectivity index is 1.83. The Morgan fingerprint density at radius 3 is 2.48 bits per heavy atom. The van der Waals surface area contributed by atoms with Gasteiger partial charge >= 0.3 is 0 Å². The molecule has 0 spiro atoms. The van der Waals surface area contributed by atoms with Gasteiger partial charge in [-0.2, -0.15) is 5.10 Å². The quantitative estimate of drug-likeness (QED) is 0.515. The first-order valence-corrected chi connectivity index (χ1v) is 7.78. The number of hydrogen-bond acceptors (Lipinski definition) is 3. The van der Waals surface area contributed by atoms with E-state index in [-0.39, 0.29) is 5.91 Å². The molecule has 0 aliphatic carbocycles. The summed E-state index contributed by atoms with van der Waals surface area (Å²) in [7, 11) is 0. The number of nitrogens with zero attached hydrogens (tertiary/aromatic N) is 1. The molecule has 2 aromatic carbocycles. The number of hydrazone groups is 1. The smallest absolute Gasteiger partial charge is 0.250 e. The van der Waals surface area contributed by atoms with Crippen LogP contribution in [0.1, 0.15) is 12.5 Å². The minimum Gasteiger partial charge on any atom is -0.272 e. The Hall–Kier alpha value is -1.78. The standard InChI is InChI=1S/C16H15ClN2OS/c1-12(13-5-3-2-4-6-13)18-19-16(20)11-21-15-9-7-14(17)8-10-15/h2-10H,11H2,1H3,(H,19,20)/b18-12-. The molecule has 0 radical (unpaired) electrons. The van der Waals surface area contributed by atoms with Crippen molar-refractivity contribution in [2.45, 2.75) is 11.8 Å². The number of benzene rings is 2. The van der Waals surface area contributed by atoms with Crippen LogP contribution in [0.15, 0.2) is 64.6 Å². The predicted octanol–water partition coefficient (Wildman–Crippen LogP) is 3.97. The van der Waals surface area contributed by atoms with Gasteiger partial charge in [-0.3, -0.25) is 4.79 Å². The van der Waals surface area contributed by atoms with Gasteiger partial charge < -0.3 is 0 Å². The minimum atomic E-state index is -0.134. The maximum atomic E-state index is 11.8. The van der Waals surface area contributed by atoms with E-state index in [4.69, 9.17) is 11.6 Å². The number of carbonyl (C=O) groups is 1. The van der Waals surface area contributed by atoms with Crippen LogP contribution in [-0.2, 0) is 4.79 Å². The van der Waals surface area contributed by atoms with E-state index in [9.17, 15) is 4.79 Å². The summed E-state index contributed by atoms with van der Waals surface area (Å²) in [5.74, 6) is 0.179. The normalized spacial score (nSPS) is 11.2. The Kier molecular flexibility index (Phi) is 5.84. The molecular formula is C16H15ClN2OS. The number of carbonyl (C=O) groups excluding carboxylic acids is 1. The van der Waals surface area contributed by atoms with Crippen molar-refractivity contribution < 1.29 is 4.79 Å². The van der Waals surface area contributed by atoms with E-state index < -0.39 is 0 Å². The number of rotatable bonds is 5. The molecule has 0 aliphatic rings. The summed E-state index contributed by atoms with van der Waals surface area (Å²) in [6.07, 6.45) is 0. The van der Waals surface area contributed by atoms with Crippen molar-refractivity contribution in [1.82, 2.24) is 5.43 Å². The second kappa shape index (κ2) is 7.86. The number of halogens is 1. The molecule has 21 heavy (non-hydrogen) atoms. The highest BCUT2D eigenvalue weighted by molar-refractivity contribution is 8.00.